The van der Waals surface area contributed by atoms with Gasteiger partial charge in [0.1, 0.15) is 0 Å². The Kier molecular flexibility index (Phi) is 9.51. The summed E-state index contributed by atoms with van der Waals surface area (Å²) in [5.41, 5.74) is 1.11. The summed E-state index contributed by atoms with van der Waals surface area (Å²) in [6.07, 6.45) is 3.66. The highest BCUT2D eigenvalue weighted by molar-refractivity contribution is 7.10. The van der Waals surface area contributed by atoms with Gasteiger partial charge in [0.05, 0.1) is 6.04 Å². The molecule has 2 amide bonds. The van der Waals surface area contributed by atoms with E-state index in [1.165, 1.54) is 25.9 Å². The SMILES string of the molecule is CN(CCCN1CCCC1)C(=O)NC(c1ccccc1)c1cccs1.O=CO. The first-order valence-electron chi connectivity index (χ1n) is 9.56. The van der Waals surface area contributed by atoms with Gasteiger partial charge in [0.25, 0.3) is 6.47 Å². The van der Waals surface area contributed by atoms with E-state index in [0.717, 1.165) is 30.0 Å². The summed E-state index contributed by atoms with van der Waals surface area (Å²) in [5.74, 6) is 0. The van der Waals surface area contributed by atoms with Crippen LogP contribution in [0.3, 0.4) is 0 Å². The Labute approximate surface area is 170 Å². The van der Waals surface area contributed by atoms with Crippen molar-refractivity contribution in [3.63, 3.8) is 0 Å². The number of carbonyl (C=O) groups is 2. The Hall–Kier alpha value is -2.38. The molecule has 0 aliphatic carbocycles. The predicted molar refractivity (Wildman–Crippen MR) is 113 cm³/mol. The van der Waals surface area contributed by atoms with E-state index in [-0.39, 0.29) is 18.5 Å². The van der Waals surface area contributed by atoms with Gasteiger partial charge in [0.2, 0.25) is 0 Å². The molecule has 0 saturated carbocycles. The van der Waals surface area contributed by atoms with Crippen LogP contribution in [0.1, 0.15) is 35.7 Å². The van der Waals surface area contributed by atoms with Crippen molar-refractivity contribution in [1.29, 1.82) is 0 Å². The van der Waals surface area contributed by atoms with Crippen LogP contribution in [0.25, 0.3) is 0 Å². The van der Waals surface area contributed by atoms with Crippen LogP contribution in [0.2, 0.25) is 0 Å². The lowest BCUT2D eigenvalue weighted by Crippen LogP contribution is -2.40. The number of carbonyl (C=O) groups excluding carboxylic acids is 1. The highest BCUT2D eigenvalue weighted by atomic mass is 32.1. The van der Waals surface area contributed by atoms with E-state index < -0.39 is 0 Å². The topological polar surface area (TPSA) is 72.9 Å². The third-order valence-electron chi connectivity index (χ3n) is 4.74. The molecule has 1 aliphatic heterocycles. The maximum absolute atomic E-state index is 12.7. The average molecular weight is 404 g/mol. The maximum atomic E-state index is 12.7. The molecule has 1 aliphatic rings. The van der Waals surface area contributed by atoms with Crippen LogP contribution < -0.4 is 5.32 Å². The molecular formula is C21H29N3O3S. The van der Waals surface area contributed by atoms with Crippen LogP contribution in [-0.4, -0.2) is 60.6 Å². The number of benzene rings is 1. The third kappa shape index (κ3) is 6.98. The first-order chi connectivity index (χ1) is 13.7. The molecule has 0 radical (unpaired) electrons. The van der Waals surface area contributed by atoms with Gasteiger partial charge in [-0.3, -0.25) is 4.79 Å². The zero-order valence-corrected chi connectivity index (χ0v) is 17.1. The van der Waals surface area contributed by atoms with Gasteiger partial charge in [-0.1, -0.05) is 36.4 Å². The van der Waals surface area contributed by atoms with Crippen molar-refractivity contribution in [1.82, 2.24) is 15.1 Å². The van der Waals surface area contributed by atoms with Gasteiger partial charge in [-0.2, -0.15) is 0 Å². The molecule has 2 heterocycles. The van der Waals surface area contributed by atoms with Crippen molar-refractivity contribution in [3.05, 3.63) is 58.3 Å². The molecule has 1 fully saturated rings. The summed E-state index contributed by atoms with van der Waals surface area (Å²) < 4.78 is 0. The quantitative estimate of drug-likeness (QED) is 0.692. The first kappa shape index (κ1) is 21.9. The van der Waals surface area contributed by atoms with E-state index in [1.807, 2.05) is 31.3 Å². The monoisotopic (exact) mass is 403 g/mol. The summed E-state index contributed by atoms with van der Waals surface area (Å²) in [6.45, 7) is 4.05. The fourth-order valence-corrected chi connectivity index (χ4v) is 4.10. The highest BCUT2D eigenvalue weighted by Gasteiger charge is 2.20. The highest BCUT2D eigenvalue weighted by Crippen LogP contribution is 2.26. The van der Waals surface area contributed by atoms with Gasteiger partial charge in [0, 0.05) is 18.5 Å². The number of urea groups is 1. The molecule has 1 aromatic carbocycles. The number of rotatable bonds is 7. The van der Waals surface area contributed by atoms with Crippen molar-refractivity contribution in [2.45, 2.75) is 25.3 Å². The summed E-state index contributed by atoms with van der Waals surface area (Å²) in [7, 11) is 1.88. The first-order valence-corrected chi connectivity index (χ1v) is 10.4. The molecule has 0 spiro atoms. The number of nitrogens with zero attached hydrogens (tertiary/aromatic N) is 2. The molecule has 1 atom stereocenters. The van der Waals surface area contributed by atoms with Crippen molar-refractivity contribution >= 4 is 23.8 Å². The average Bonchev–Trinajstić information content (AvgIpc) is 3.41. The number of nitrogens with one attached hydrogen (secondary N) is 1. The van der Waals surface area contributed by atoms with Gasteiger partial charge < -0.3 is 20.2 Å². The van der Waals surface area contributed by atoms with Crippen LogP contribution >= 0.6 is 11.3 Å². The minimum absolute atomic E-state index is 0.0105. The predicted octanol–water partition coefficient (Wildman–Crippen LogP) is 3.67. The summed E-state index contributed by atoms with van der Waals surface area (Å²) in [5, 5.41) is 12.1. The van der Waals surface area contributed by atoms with Gasteiger partial charge in [-0.05, 0) is 55.9 Å². The molecule has 6 nitrogen and oxygen atoms in total. The number of carboxylic acid groups (broad SMARTS) is 1. The van der Waals surface area contributed by atoms with E-state index >= 15 is 0 Å². The summed E-state index contributed by atoms with van der Waals surface area (Å²) >= 11 is 1.67. The van der Waals surface area contributed by atoms with Crippen LogP contribution in [0, 0.1) is 0 Å². The van der Waals surface area contributed by atoms with E-state index in [0.29, 0.717) is 0 Å². The van der Waals surface area contributed by atoms with Crippen molar-refractivity contribution in [3.8, 4) is 0 Å². The molecule has 1 unspecified atom stereocenters. The van der Waals surface area contributed by atoms with E-state index in [1.54, 1.807) is 16.2 Å². The van der Waals surface area contributed by atoms with Gasteiger partial charge in [-0.25, -0.2) is 4.79 Å². The van der Waals surface area contributed by atoms with Gasteiger partial charge in [-0.15, -0.1) is 11.3 Å². The largest absolute Gasteiger partial charge is 0.483 e. The van der Waals surface area contributed by atoms with Crippen molar-refractivity contribution < 1.29 is 14.7 Å². The number of hydrogen-bond donors (Lipinski definition) is 2. The molecule has 3 rings (SSSR count). The molecule has 28 heavy (non-hydrogen) atoms. The Morgan fingerprint density at radius 2 is 1.93 bits per heavy atom. The second-order valence-corrected chi connectivity index (χ2v) is 7.72. The van der Waals surface area contributed by atoms with Crippen molar-refractivity contribution in [2.24, 2.45) is 0 Å². The minimum atomic E-state index is -0.250. The number of thiophene rings is 1. The van der Waals surface area contributed by atoms with Crippen LogP contribution in [0.5, 0.6) is 0 Å². The molecule has 0 bridgehead atoms. The normalized spacial score (nSPS) is 14.6. The van der Waals surface area contributed by atoms with Crippen LogP contribution in [0.4, 0.5) is 4.79 Å². The lowest BCUT2D eigenvalue weighted by atomic mass is 10.1. The standard InChI is InChI=1S/C20H27N3OS.CH2O2/c1-22(12-8-15-23-13-5-6-14-23)20(24)21-19(18-11-7-16-25-18)17-9-3-2-4-10-17;2-1-3/h2-4,7,9-11,16,19H,5-6,8,12-15H2,1H3,(H,21,24);1H,(H,2,3). The summed E-state index contributed by atoms with van der Waals surface area (Å²) in [6, 6.07) is 14.2. The lowest BCUT2D eigenvalue weighted by molar-refractivity contribution is -0.122. The molecule has 1 aromatic heterocycles. The van der Waals surface area contributed by atoms with Gasteiger partial charge >= 0.3 is 6.03 Å². The smallest absolute Gasteiger partial charge is 0.317 e. The maximum Gasteiger partial charge on any atom is 0.317 e. The number of amides is 2. The fraction of sp³-hybridized carbons (Fsp3) is 0.429. The summed E-state index contributed by atoms with van der Waals surface area (Å²) in [4.78, 5) is 26.5. The van der Waals surface area contributed by atoms with Crippen LogP contribution in [-0.2, 0) is 4.79 Å². The third-order valence-corrected chi connectivity index (χ3v) is 5.68. The molecule has 152 valence electrons. The molecule has 2 N–H and O–H groups in total. The second kappa shape index (κ2) is 12.2. The molecule has 1 saturated heterocycles. The molecule has 2 aromatic rings. The Morgan fingerprint density at radius 3 is 2.54 bits per heavy atom. The van der Waals surface area contributed by atoms with E-state index in [2.05, 4.69) is 33.8 Å². The Bertz CT molecular complexity index is 688. The molecule has 7 heteroatoms. The van der Waals surface area contributed by atoms with E-state index in [9.17, 15) is 4.79 Å². The zero-order valence-electron chi connectivity index (χ0n) is 16.3. The Balaban J connectivity index is 0.000000878. The number of hydrogen-bond acceptors (Lipinski definition) is 4. The Morgan fingerprint density at radius 1 is 1.25 bits per heavy atom. The molecular weight excluding hydrogens is 374 g/mol. The van der Waals surface area contributed by atoms with Crippen molar-refractivity contribution in [2.75, 3.05) is 33.2 Å². The minimum Gasteiger partial charge on any atom is -0.483 e. The fourth-order valence-electron chi connectivity index (χ4n) is 3.29. The second-order valence-electron chi connectivity index (χ2n) is 6.74. The lowest BCUT2D eigenvalue weighted by Gasteiger charge is -2.24. The number of likely N-dealkylation sites (tertiary alicyclic amines) is 1. The van der Waals surface area contributed by atoms with Gasteiger partial charge in [0.15, 0.2) is 0 Å². The zero-order chi connectivity index (χ0) is 20.2. The van der Waals surface area contributed by atoms with Crippen LogP contribution in [0.15, 0.2) is 47.8 Å². The van der Waals surface area contributed by atoms with E-state index in [4.69, 9.17) is 9.90 Å².